The molecule has 0 fully saturated rings. The molecule has 2 rings (SSSR count). The summed E-state index contributed by atoms with van der Waals surface area (Å²) in [6.07, 6.45) is -4.87. The predicted molar refractivity (Wildman–Crippen MR) is 81.5 cm³/mol. The van der Waals surface area contributed by atoms with Crippen molar-refractivity contribution in [3.63, 3.8) is 0 Å². The van der Waals surface area contributed by atoms with Gasteiger partial charge in [-0.2, -0.15) is 23.1 Å². The van der Waals surface area contributed by atoms with Crippen molar-refractivity contribution in [2.75, 3.05) is 0 Å². The molecular formula is C14H8Cl2F3N3O2. The molecule has 0 atom stereocenters. The van der Waals surface area contributed by atoms with Crippen molar-refractivity contribution in [2.24, 2.45) is 7.05 Å². The number of nitrogens with zero attached hydrogens (tertiary/aromatic N) is 3. The van der Waals surface area contributed by atoms with Gasteiger partial charge in [0.25, 0.3) is 0 Å². The zero-order valence-corrected chi connectivity index (χ0v) is 13.4. The Bertz CT molecular complexity index is 837. The second-order valence-electron chi connectivity index (χ2n) is 4.46. The fraction of sp³-hybridized carbons (Fsp3) is 0.143. The number of aliphatic hydroxyl groups is 1. The van der Waals surface area contributed by atoms with Crippen LogP contribution in [0.1, 0.15) is 11.3 Å². The van der Waals surface area contributed by atoms with Crippen molar-refractivity contribution in [3.05, 3.63) is 63.0 Å². The second-order valence-corrected chi connectivity index (χ2v) is 5.25. The normalized spacial score (nSPS) is 12.5. The van der Waals surface area contributed by atoms with Gasteiger partial charge in [0, 0.05) is 12.1 Å². The zero-order chi connectivity index (χ0) is 18.1. The molecule has 5 nitrogen and oxygen atoms in total. The van der Waals surface area contributed by atoms with Crippen molar-refractivity contribution in [1.82, 2.24) is 9.78 Å². The first-order valence-corrected chi connectivity index (χ1v) is 6.95. The Labute approximate surface area is 144 Å². The number of aromatic nitrogens is 2. The average molecular weight is 378 g/mol. The van der Waals surface area contributed by atoms with Crippen LogP contribution in [0.5, 0.6) is 5.75 Å². The lowest BCUT2D eigenvalue weighted by Gasteiger charge is -2.09. The quantitative estimate of drug-likeness (QED) is 0.609. The summed E-state index contributed by atoms with van der Waals surface area (Å²) >= 11 is 11.5. The minimum atomic E-state index is -4.87. The fourth-order valence-electron chi connectivity index (χ4n) is 1.76. The Kier molecular flexibility index (Phi) is 4.96. The zero-order valence-electron chi connectivity index (χ0n) is 11.9. The van der Waals surface area contributed by atoms with Crippen LogP contribution < -0.4 is 4.74 Å². The van der Waals surface area contributed by atoms with Crippen molar-refractivity contribution >= 4 is 29.0 Å². The van der Waals surface area contributed by atoms with E-state index in [1.807, 2.05) is 0 Å². The fourth-order valence-corrected chi connectivity index (χ4v) is 2.10. The molecule has 24 heavy (non-hydrogen) atoms. The van der Waals surface area contributed by atoms with E-state index in [-0.39, 0.29) is 5.75 Å². The Morgan fingerprint density at radius 1 is 1.29 bits per heavy atom. The van der Waals surface area contributed by atoms with Gasteiger partial charge in [-0.25, -0.2) is 0 Å². The number of halogens is 5. The molecule has 0 unspecified atom stereocenters. The van der Waals surface area contributed by atoms with Crippen molar-refractivity contribution in [2.45, 2.75) is 6.18 Å². The monoisotopic (exact) mass is 377 g/mol. The summed E-state index contributed by atoms with van der Waals surface area (Å²) in [5.74, 6) is -1.74. The van der Waals surface area contributed by atoms with Crippen molar-refractivity contribution < 1.29 is 23.0 Å². The third-order valence-electron chi connectivity index (χ3n) is 2.81. The van der Waals surface area contributed by atoms with E-state index in [1.165, 1.54) is 31.3 Å². The minimum absolute atomic E-state index is 0.102. The topological polar surface area (TPSA) is 51.6 Å². The van der Waals surface area contributed by atoms with E-state index in [4.69, 9.17) is 34.5 Å². The average Bonchev–Trinajstić information content (AvgIpc) is 2.82. The number of hydrogen-bond donors (Lipinski definition) is 1. The highest BCUT2D eigenvalue weighted by Crippen LogP contribution is 2.38. The van der Waals surface area contributed by atoms with E-state index in [0.717, 1.165) is 4.68 Å². The number of hydrogen-bond acceptors (Lipinski definition) is 3. The lowest BCUT2D eigenvalue weighted by molar-refractivity contribution is -0.141. The third-order valence-corrected chi connectivity index (χ3v) is 3.50. The molecule has 0 saturated heterocycles. The van der Waals surface area contributed by atoms with Crippen molar-refractivity contribution in [1.29, 1.82) is 0 Å². The lowest BCUT2D eigenvalue weighted by atomic mass is 10.2. The first-order valence-electron chi connectivity index (χ1n) is 6.19. The van der Waals surface area contributed by atoms with Crippen LogP contribution in [0.3, 0.4) is 0 Å². The number of alkyl halides is 3. The Balaban J connectivity index is 2.55. The molecule has 0 spiro atoms. The van der Waals surface area contributed by atoms with Crippen LogP contribution in [-0.2, 0) is 13.2 Å². The summed E-state index contributed by atoms with van der Waals surface area (Å²) in [6.45, 7) is 7.04. The summed E-state index contributed by atoms with van der Waals surface area (Å²) in [7, 11) is 1.17. The number of aliphatic hydroxyl groups excluding tert-OH is 1. The van der Waals surface area contributed by atoms with E-state index >= 15 is 0 Å². The maximum Gasteiger partial charge on any atom is 0.435 e. The Morgan fingerprint density at radius 3 is 2.38 bits per heavy atom. The van der Waals surface area contributed by atoms with Crippen LogP contribution in [0.15, 0.2) is 30.1 Å². The van der Waals surface area contributed by atoms with E-state index in [2.05, 4.69) is 9.94 Å². The number of aryl methyl sites for hydroxylation is 1. The van der Waals surface area contributed by atoms with E-state index in [1.54, 1.807) is 0 Å². The Hall–Kier alpha value is -2.37. The van der Waals surface area contributed by atoms with Gasteiger partial charge in [-0.3, -0.25) is 4.68 Å². The molecule has 0 bridgehead atoms. The summed E-state index contributed by atoms with van der Waals surface area (Å²) in [5, 5.41) is 13.3. The van der Waals surface area contributed by atoms with E-state index in [0.29, 0.717) is 5.02 Å². The Morgan fingerprint density at radius 2 is 1.88 bits per heavy atom. The van der Waals surface area contributed by atoms with Gasteiger partial charge in [-0.05, 0) is 24.3 Å². The van der Waals surface area contributed by atoms with Crippen molar-refractivity contribution in [3.8, 4) is 5.75 Å². The van der Waals surface area contributed by atoms with E-state index in [9.17, 15) is 18.3 Å². The summed E-state index contributed by atoms with van der Waals surface area (Å²) in [4.78, 5) is 2.92. The maximum atomic E-state index is 13.0. The van der Waals surface area contributed by atoms with E-state index < -0.39 is 34.2 Å². The summed E-state index contributed by atoms with van der Waals surface area (Å²) in [5.41, 5.74) is -2.25. The standard InChI is InChI=1S/C14H8Cl2F3N3O2/c1-20-13(24-8-5-3-7(15)4-6-8)10(23)9-11(14(17,18)19)21-22(2)12(9)16/h3-6,23H,2H3/b13-10-. The molecule has 1 aromatic carbocycles. The summed E-state index contributed by atoms with van der Waals surface area (Å²) < 4.78 is 45.0. The molecule has 126 valence electrons. The highest BCUT2D eigenvalue weighted by molar-refractivity contribution is 6.31. The largest absolute Gasteiger partial charge is 0.515 e. The molecule has 0 amide bonds. The minimum Gasteiger partial charge on any atom is -0.515 e. The SMILES string of the molecule is [C-]#[N+]/C(Oc1ccc(Cl)cc1)=C(/O)c1c(C(F)(F)F)nn(C)c1Cl. The predicted octanol–water partition coefficient (Wildman–Crippen LogP) is 4.93. The molecule has 10 heteroatoms. The highest BCUT2D eigenvalue weighted by atomic mass is 35.5. The summed E-state index contributed by atoms with van der Waals surface area (Å²) in [6, 6.07) is 5.67. The molecule has 0 saturated carbocycles. The molecular weight excluding hydrogens is 370 g/mol. The molecule has 1 aromatic heterocycles. The molecule has 0 radical (unpaired) electrons. The van der Waals surface area contributed by atoms with Crippen LogP contribution >= 0.6 is 23.2 Å². The van der Waals surface area contributed by atoms with Gasteiger partial charge in [0.15, 0.2) is 11.5 Å². The second kappa shape index (κ2) is 6.63. The smallest absolute Gasteiger partial charge is 0.435 e. The van der Waals surface area contributed by atoms with Gasteiger partial charge in [0.2, 0.25) is 0 Å². The molecule has 0 aliphatic heterocycles. The first kappa shape index (κ1) is 18.0. The van der Waals surface area contributed by atoms with Crippen LogP contribution in [0.4, 0.5) is 13.2 Å². The highest BCUT2D eigenvalue weighted by Gasteiger charge is 2.40. The van der Waals surface area contributed by atoms with Gasteiger partial charge in [0.05, 0.1) is 12.1 Å². The van der Waals surface area contributed by atoms with Gasteiger partial charge in [-0.15, -0.1) is 0 Å². The number of ether oxygens (including phenoxy) is 1. The number of rotatable bonds is 3. The molecule has 0 aliphatic carbocycles. The van der Waals surface area contributed by atoms with Gasteiger partial charge < -0.3 is 9.84 Å². The van der Waals surface area contributed by atoms with Crippen LogP contribution in [0.25, 0.3) is 10.6 Å². The number of benzene rings is 1. The first-order chi connectivity index (χ1) is 11.1. The lowest BCUT2D eigenvalue weighted by Crippen LogP contribution is -2.10. The molecule has 2 aromatic rings. The van der Waals surface area contributed by atoms with Gasteiger partial charge >= 0.3 is 12.1 Å². The van der Waals surface area contributed by atoms with Gasteiger partial charge in [0.1, 0.15) is 10.9 Å². The molecule has 1 N–H and O–H groups in total. The molecule has 0 aliphatic rings. The van der Waals surface area contributed by atoms with Crippen LogP contribution in [0, 0.1) is 6.57 Å². The van der Waals surface area contributed by atoms with Crippen LogP contribution in [-0.4, -0.2) is 14.9 Å². The molecule has 1 heterocycles. The third kappa shape index (κ3) is 3.58. The van der Waals surface area contributed by atoms with Crippen LogP contribution in [0.2, 0.25) is 10.2 Å². The van der Waals surface area contributed by atoms with Gasteiger partial charge in [-0.1, -0.05) is 23.2 Å². The maximum absolute atomic E-state index is 13.0.